The molecule has 0 saturated heterocycles. The molecule has 136 valence electrons. The Balaban J connectivity index is 1.79. The lowest BCUT2D eigenvalue weighted by Crippen LogP contribution is -2.09. The average molecular weight is 365 g/mol. The number of carboxylic acid groups (broad SMARTS) is 1. The molecule has 0 radical (unpaired) electrons. The van der Waals surface area contributed by atoms with Crippen LogP contribution in [0.4, 0.5) is 11.4 Å². The van der Waals surface area contributed by atoms with Crippen LogP contribution >= 0.6 is 0 Å². The predicted octanol–water partition coefficient (Wildman–Crippen LogP) is 3.87. The number of nitrogens with zero attached hydrogens (tertiary/aromatic N) is 1. The third-order valence-electron chi connectivity index (χ3n) is 4.16. The number of hydrogen-bond donors (Lipinski definition) is 3. The van der Waals surface area contributed by atoms with Gasteiger partial charge in [-0.1, -0.05) is 6.92 Å². The molecule has 0 aliphatic heterocycles. The fraction of sp³-hybridized carbons (Fsp3) is 0.105. The fourth-order valence-corrected chi connectivity index (χ4v) is 2.76. The number of hydrogen-bond acceptors (Lipinski definition) is 6. The molecule has 2 aromatic carbocycles. The second-order valence-electron chi connectivity index (χ2n) is 5.96. The number of fused-ring (bicyclic) bond motifs is 2. The standard InChI is InChI=1S/C19H15N3O5/c1-2-15(23)21-10-4-6-13-11(8-10)16(20)17(26-13)18-22-12-5-3-9(19(24)25)7-14(12)27-18/h3-8H,2,20H2,1H3,(H,21,23)(H,24,25). The molecule has 4 aromatic rings. The van der Waals surface area contributed by atoms with Crippen LogP contribution in [0.15, 0.2) is 45.2 Å². The number of furan rings is 1. The molecule has 2 aromatic heterocycles. The van der Waals surface area contributed by atoms with Gasteiger partial charge in [0.25, 0.3) is 5.89 Å². The van der Waals surface area contributed by atoms with Gasteiger partial charge in [-0.2, -0.15) is 0 Å². The summed E-state index contributed by atoms with van der Waals surface area (Å²) in [5.74, 6) is -0.762. The number of carbonyl (C=O) groups is 2. The van der Waals surface area contributed by atoms with Crippen LogP contribution < -0.4 is 11.1 Å². The maximum Gasteiger partial charge on any atom is 0.335 e. The Bertz CT molecular complexity index is 1200. The quantitative estimate of drug-likeness (QED) is 0.500. The van der Waals surface area contributed by atoms with Crippen LogP contribution in [0.3, 0.4) is 0 Å². The predicted molar refractivity (Wildman–Crippen MR) is 99.5 cm³/mol. The number of anilines is 2. The summed E-state index contributed by atoms with van der Waals surface area (Å²) in [6.45, 7) is 1.77. The van der Waals surface area contributed by atoms with E-state index in [2.05, 4.69) is 10.3 Å². The lowest BCUT2D eigenvalue weighted by molar-refractivity contribution is -0.115. The topological polar surface area (TPSA) is 132 Å². The molecule has 0 aliphatic carbocycles. The van der Waals surface area contributed by atoms with Gasteiger partial charge in [-0.3, -0.25) is 4.79 Å². The number of nitrogens with one attached hydrogen (secondary N) is 1. The first-order chi connectivity index (χ1) is 13.0. The fourth-order valence-electron chi connectivity index (χ4n) is 2.76. The first-order valence-electron chi connectivity index (χ1n) is 8.22. The van der Waals surface area contributed by atoms with E-state index >= 15 is 0 Å². The molecule has 2 heterocycles. The summed E-state index contributed by atoms with van der Waals surface area (Å²) in [4.78, 5) is 27.0. The molecular formula is C19H15N3O5. The monoisotopic (exact) mass is 365 g/mol. The minimum absolute atomic E-state index is 0.0964. The normalized spacial score (nSPS) is 11.1. The van der Waals surface area contributed by atoms with Gasteiger partial charge in [0.15, 0.2) is 5.58 Å². The number of aromatic nitrogens is 1. The number of carboxylic acids is 1. The van der Waals surface area contributed by atoms with Gasteiger partial charge in [0.2, 0.25) is 11.7 Å². The molecule has 0 spiro atoms. The number of amides is 1. The lowest BCUT2D eigenvalue weighted by atomic mass is 10.2. The number of carbonyl (C=O) groups excluding carboxylic acids is 1. The molecule has 27 heavy (non-hydrogen) atoms. The molecule has 0 fully saturated rings. The Labute approximate surface area is 152 Å². The van der Waals surface area contributed by atoms with E-state index < -0.39 is 5.97 Å². The minimum atomic E-state index is -1.06. The summed E-state index contributed by atoms with van der Waals surface area (Å²) in [6, 6.07) is 9.53. The molecule has 0 atom stereocenters. The summed E-state index contributed by atoms with van der Waals surface area (Å²) in [5.41, 5.74) is 8.56. The summed E-state index contributed by atoms with van der Waals surface area (Å²) in [6.07, 6.45) is 0.366. The van der Waals surface area contributed by atoms with E-state index in [0.717, 1.165) is 0 Å². The zero-order chi connectivity index (χ0) is 19.1. The summed E-state index contributed by atoms with van der Waals surface area (Å²) in [7, 11) is 0. The van der Waals surface area contributed by atoms with Crippen molar-refractivity contribution in [3.63, 3.8) is 0 Å². The average Bonchev–Trinajstić information content (AvgIpc) is 3.22. The van der Waals surface area contributed by atoms with Gasteiger partial charge in [-0.05, 0) is 36.4 Å². The molecule has 8 heteroatoms. The number of oxazole rings is 1. The third kappa shape index (κ3) is 2.86. The van der Waals surface area contributed by atoms with Crippen LogP contribution in [0.2, 0.25) is 0 Å². The summed E-state index contributed by atoms with van der Waals surface area (Å²) < 4.78 is 11.4. The molecule has 0 saturated carbocycles. The first kappa shape index (κ1) is 16.6. The van der Waals surface area contributed by atoms with Gasteiger partial charge in [-0.25, -0.2) is 9.78 Å². The van der Waals surface area contributed by atoms with Crippen LogP contribution in [-0.2, 0) is 4.79 Å². The van der Waals surface area contributed by atoms with E-state index in [4.69, 9.17) is 19.7 Å². The van der Waals surface area contributed by atoms with Crippen LogP contribution in [0, 0.1) is 0 Å². The van der Waals surface area contributed by atoms with Crippen molar-refractivity contribution in [1.29, 1.82) is 0 Å². The van der Waals surface area contributed by atoms with E-state index in [1.54, 1.807) is 31.2 Å². The van der Waals surface area contributed by atoms with Crippen LogP contribution in [0.5, 0.6) is 0 Å². The van der Waals surface area contributed by atoms with Crippen molar-refractivity contribution >= 4 is 45.3 Å². The Morgan fingerprint density at radius 3 is 2.70 bits per heavy atom. The van der Waals surface area contributed by atoms with Crippen LogP contribution in [-0.4, -0.2) is 22.0 Å². The number of aromatic carboxylic acids is 1. The third-order valence-corrected chi connectivity index (χ3v) is 4.16. The van der Waals surface area contributed by atoms with Crippen LogP contribution in [0.25, 0.3) is 33.7 Å². The van der Waals surface area contributed by atoms with Gasteiger partial charge in [0.1, 0.15) is 11.1 Å². The number of benzene rings is 2. The second kappa shape index (κ2) is 6.17. The van der Waals surface area contributed by atoms with Gasteiger partial charge >= 0.3 is 5.97 Å². The Morgan fingerprint density at radius 2 is 1.96 bits per heavy atom. The minimum Gasteiger partial charge on any atom is -0.478 e. The van der Waals surface area contributed by atoms with Crippen molar-refractivity contribution in [2.45, 2.75) is 13.3 Å². The van der Waals surface area contributed by atoms with E-state index in [1.807, 2.05) is 0 Å². The molecule has 0 unspecified atom stereocenters. The molecule has 4 rings (SSSR count). The highest BCUT2D eigenvalue weighted by molar-refractivity contribution is 6.01. The highest BCUT2D eigenvalue weighted by Crippen LogP contribution is 2.37. The van der Waals surface area contributed by atoms with E-state index in [9.17, 15) is 9.59 Å². The Kier molecular flexibility index (Phi) is 3.80. The first-order valence-corrected chi connectivity index (χ1v) is 8.22. The van der Waals surface area contributed by atoms with Crippen molar-refractivity contribution in [1.82, 2.24) is 4.98 Å². The molecule has 0 bridgehead atoms. The number of nitrogen functional groups attached to an aromatic ring is 1. The van der Waals surface area contributed by atoms with E-state index in [0.29, 0.717) is 39.9 Å². The van der Waals surface area contributed by atoms with Crippen molar-refractivity contribution in [2.24, 2.45) is 0 Å². The smallest absolute Gasteiger partial charge is 0.335 e. The number of rotatable bonds is 4. The molecule has 8 nitrogen and oxygen atoms in total. The highest BCUT2D eigenvalue weighted by atomic mass is 16.4. The van der Waals surface area contributed by atoms with E-state index in [-0.39, 0.29) is 23.1 Å². The van der Waals surface area contributed by atoms with Crippen molar-refractivity contribution < 1.29 is 23.5 Å². The lowest BCUT2D eigenvalue weighted by Gasteiger charge is -2.02. The second-order valence-corrected chi connectivity index (χ2v) is 5.96. The molecule has 4 N–H and O–H groups in total. The van der Waals surface area contributed by atoms with Crippen LogP contribution in [0.1, 0.15) is 23.7 Å². The summed E-state index contributed by atoms with van der Waals surface area (Å²) in [5, 5.41) is 12.5. The van der Waals surface area contributed by atoms with Crippen molar-refractivity contribution in [2.75, 3.05) is 11.1 Å². The largest absolute Gasteiger partial charge is 0.478 e. The summed E-state index contributed by atoms with van der Waals surface area (Å²) >= 11 is 0. The zero-order valence-electron chi connectivity index (χ0n) is 14.3. The van der Waals surface area contributed by atoms with Gasteiger partial charge in [0.05, 0.1) is 11.3 Å². The highest BCUT2D eigenvalue weighted by Gasteiger charge is 2.20. The Morgan fingerprint density at radius 1 is 1.15 bits per heavy atom. The van der Waals surface area contributed by atoms with Crippen molar-refractivity contribution in [3.8, 4) is 11.7 Å². The maximum atomic E-state index is 11.6. The van der Waals surface area contributed by atoms with Gasteiger partial charge in [0, 0.05) is 17.5 Å². The SMILES string of the molecule is CCC(=O)Nc1ccc2oc(-c3nc4ccc(C(=O)O)cc4o3)c(N)c2c1. The molecule has 0 aliphatic rings. The maximum absolute atomic E-state index is 11.6. The van der Waals surface area contributed by atoms with Gasteiger partial charge < -0.3 is 25.0 Å². The molecular weight excluding hydrogens is 350 g/mol. The van der Waals surface area contributed by atoms with E-state index in [1.165, 1.54) is 12.1 Å². The van der Waals surface area contributed by atoms with Crippen molar-refractivity contribution in [3.05, 3.63) is 42.0 Å². The zero-order valence-corrected chi connectivity index (χ0v) is 14.3. The van der Waals surface area contributed by atoms with Gasteiger partial charge in [-0.15, -0.1) is 0 Å². The molecule has 1 amide bonds. The Hall–Kier alpha value is -3.81. The number of nitrogens with two attached hydrogens (primary N) is 1.